The number of hydrogen-bond donors (Lipinski definition) is 1. The number of amides is 1. The highest BCUT2D eigenvalue weighted by Crippen LogP contribution is 2.37. The summed E-state index contributed by atoms with van der Waals surface area (Å²) in [5.41, 5.74) is 0.656. The molecule has 0 unspecified atom stereocenters. The van der Waals surface area contributed by atoms with Crippen molar-refractivity contribution in [3.63, 3.8) is 0 Å². The van der Waals surface area contributed by atoms with Gasteiger partial charge in [0, 0.05) is 12.8 Å². The minimum Gasteiger partial charge on any atom is -0.489 e. The monoisotopic (exact) mass is 382 g/mol. The number of nitrogens with zero attached hydrogens (tertiary/aromatic N) is 1. The van der Waals surface area contributed by atoms with E-state index in [9.17, 15) is 13.6 Å². The van der Waals surface area contributed by atoms with E-state index in [4.69, 9.17) is 13.9 Å². The highest BCUT2D eigenvalue weighted by molar-refractivity contribution is 5.98. The second-order valence-corrected chi connectivity index (χ2v) is 7.88. The maximum atomic E-state index is 13.3. The number of ether oxygens (including phenoxy) is 2. The third-order valence-corrected chi connectivity index (χ3v) is 4.39. The Bertz CT molecular complexity index is 804. The summed E-state index contributed by atoms with van der Waals surface area (Å²) in [6.45, 7) is 5.66. The third kappa shape index (κ3) is 5.08. The summed E-state index contributed by atoms with van der Waals surface area (Å²) in [4.78, 5) is 16.1. The average Bonchev–Trinajstić information content (AvgIpc) is 3.03. The Hall–Kier alpha value is -2.38. The third-order valence-electron chi connectivity index (χ3n) is 4.39. The Labute approximate surface area is 156 Å². The van der Waals surface area contributed by atoms with E-state index in [1.54, 1.807) is 32.9 Å². The molecule has 0 bridgehead atoms. The first kappa shape index (κ1) is 19.4. The molecule has 0 saturated heterocycles. The SMILES string of the molecule is CC(C)(C)OC(=O)Nc1ccc(OCC2CCC(F)(F)CC2)c2ocnc12. The predicted octanol–water partition coefficient (Wildman–Crippen LogP) is 5.38. The number of carbonyl (C=O) groups is 1. The Morgan fingerprint density at radius 2 is 2.04 bits per heavy atom. The zero-order valence-corrected chi connectivity index (χ0v) is 15.7. The molecule has 1 aliphatic carbocycles. The second-order valence-electron chi connectivity index (χ2n) is 7.88. The topological polar surface area (TPSA) is 73.6 Å². The van der Waals surface area contributed by atoms with Crippen LogP contribution < -0.4 is 10.1 Å². The molecule has 1 fully saturated rings. The number of oxazole rings is 1. The zero-order chi connectivity index (χ0) is 19.7. The van der Waals surface area contributed by atoms with Gasteiger partial charge in [-0.2, -0.15) is 0 Å². The van der Waals surface area contributed by atoms with Gasteiger partial charge in [-0.25, -0.2) is 18.6 Å². The lowest BCUT2D eigenvalue weighted by Gasteiger charge is -2.28. The second kappa shape index (κ2) is 7.32. The van der Waals surface area contributed by atoms with Gasteiger partial charge in [-0.15, -0.1) is 0 Å². The van der Waals surface area contributed by atoms with Crippen LogP contribution in [0.25, 0.3) is 11.1 Å². The highest BCUT2D eigenvalue weighted by atomic mass is 19.3. The van der Waals surface area contributed by atoms with Crippen molar-refractivity contribution >= 4 is 22.9 Å². The summed E-state index contributed by atoms with van der Waals surface area (Å²) < 4.78 is 42.9. The van der Waals surface area contributed by atoms with Gasteiger partial charge in [-0.3, -0.25) is 5.32 Å². The van der Waals surface area contributed by atoms with Crippen molar-refractivity contribution in [1.29, 1.82) is 0 Å². The fourth-order valence-electron chi connectivity index (χ4n) is 3.03. The summed E-state index contributed by atoms with van der Waals surface area (Å²) in [7, 11) is 0. The van der Waals surface area contributed by atoms with Gasteiger partial charge in [-0.05, 0) is 51.7 Å². The number of aromatic nitrogens is 1. The van der Waals surface area contributed by atoms with Gasteiger partial charge in [-0.1, -0.05) is 0 Å². The molecule has 148 valence electrons. The molecule has 0 atom stereocenters. The number of fused-ring (bicyclic) bond motifs is 1. The standard InChI is InChI=1S/C19H24F2N2O4/c1-18(2,3)27-17(24)23-13-4-5-14(16-15(13)22-11-26-16)25-10-12-6-8-19(20,21)9-7-12/h4-5,11-12H,6-10H2,1-3H3,(H,23,24). The molecule has 1 aliphatic rings. The molecular formula is C19H24F2N2O4. The summed E-state index contributed by atoms with van der Waals surface area (Å²) in [5.74, 6) is -2.00. The number of anilines is 1. The molecule has 1 aromatic heterocycles. The molecule has 0 spiro atoms. The van der Waals surface area contributed by atoms with E-state index in [1.165, 1.54) is 6.39 Å². The first-order valence-electron chi connectivity index (χ1n) is 9.00. The lowest BCUT2D eigenvalue weighted by atomic mass is 9.87. The van der Waals surface area contributed by atoms with Crippen molar-refractivity contribution in [2.24, 2.45) is 5.92 Å². The molecule has 2 aromatic rings. The van der Waals surface area contributed by atoms with Crippen molar-refractivity contribution in [2.75, 3.05) is 11.9 Å². The largest absolute Gasteiger partial charge is 0.489 e. The molecule has 1 saturated carbocycles. The number of halogens is 2. The van der Waals surface area contributed by atoms with Gasteiger partial charge < -0.3 is 13.9 Å². The van der Waals surface area contributed by atoms with E-state index < -0.39 is 17.6 Å². The zero-order valence-electron chi connectivity index (χ0n) is 15.7. The van der Waals surface area contributed by atoms with E-state index >= 15 is 0 Å². The molecule has 1 N–H and O–H groups in total. The minimum atomic E-state index is -2.55. The van der Waals surface area contributed by atoms with Gasteiger partial charge in [0.1, 0.15) is 11.1 Å². The number of alkyl halides is 2. The Balaban J connectivity index is 1.66. The maximum Gasteiger partial charge on any atom is 0.412 e. The van der Waals surface area contributed by atoms with Gasteiger partial charge in [0.15, 0.2) is 17.7 Å². The van der Waals surface area contributed by atoms with Crippen molar-refractivity contribution in [3.8, 4) is 5.75 Å². The van der Waals surface area contributed by atoms with Crippen LogP contribution in [-0.4, -0.2) is 29.2 Å². The Morgan fingerprint density at radius 3 is 2.70 bits per heavy atom. The van der Waals surface area contributed by atoms with Crippen LogP contribution in [0.5, 0.6) is 5.75 Å². The average molecular weight is 382 g/mol. The van der Waals surface area contributed by atoms with E-state index in [1.807, 2.05) is 0 Å². The van der Waals surface area contributed by atoms with Gasteiger partial charge in [0.2, 0.25) is 5.92 Å². The molecule has 6 nitrogen and oxygen atoms in total. The van der Waals surface area contributed by atoms with Crippen molar-refractivity contribution in [1.82, 2.24) is 4.98 Å². The van der Waals surface area contributed by atoms with Crippen LogP contribution in [0.2, 0.25) is 0 Å². The predicted molar refractivity (Wildman–Crippen MR) is 96.3 cm³/mol. The van der Waals surface area contributed by atoms with Crippen LogP contribution in [0, 0.1) is 5.92 Å². The molecule has 3 rings (SSSR count). The fraction of sp³-hybridized carbons (Fsp3) is 0.579. The number of hydrogen-bond acceptors (Lipinski definition) is 5. The molecule has 1 aromatic carbocycles. The summed E-state index contributed by atoms with van der Waals surface area (Å²) in [6.07, 6.45) is 1.34. The normalized spacial score (nSPS) is 17.7. The van der Waals surface area contributed by atoms with Crippen LogP contribution in [0.4, 0.5) is 19.3 Å². The minimum absolute atomic E-state index is 0.0853. The van der Waals surface area contributed by atoms with Gasteiger partial charge >= 0.3 is 6.09 Å². The van der Waals surface area contributed by atoms with E-state index in [-0.39, 0.29) is 18.8 Å². The summed E-state index contributed by atoms with van der Waals surface area (Å²) in [6, 6.07) is 3.32. The smallest absolute Gasteiger partial charge is 0.412 e. The molecule has 27 heavy (non-hydrogen) atoms. The van der Waals surface area contributed by atoms with Gasteiger partial charge in [0.05, 0.1) is 12.3 Å². The van der Waals surface area contributed by atoms with Crippen molar-refractivity contribution < 1.29 is 27.5 Å². The van der Waals surface area contributed by atoms with Crippen LogP contribution in [0.15, 0.2) is 22.9 Å². The highest BCUT2D eigenvalue weighted by Gasteiger charge is 2.35. The van der Waals surface area contributed by atoms with Crippen LogP contribution in [0.3, 0.4) is 0 Å². The lowest BCUT2D eigenvalue weighted by molar-refractivity contribution is -0.0498. The van der Waals surface area contributed by atoms with Gasteiger partial charge in [0.25, 0.3) is 0 Å². The fourth-order valence-corrected chi connectivity index (χ4v) is 3.03. The Morgan fingerprint density at radius 1 is 1.33 bits per heavy atom. The molecular weight excluding hydrogens is 358 g/mol. The Kier molecular flexibility index (Phi) is 5.26. The number of nitrogens with one attached hydrogen (secondary N) is 1. The molecule has 1 heterocycles. The summed E-state index contributed by atoms with van der Waals surface area (Å²) in [5, 5.41) is 2.65. The first-order chi connectivity index (χ1) is 12.6. The van der Waals surface area contributed by atoms with E-state index in [0.29, 0.717) is 42.0 Å². The molecule has 8 heteroatoms. The summed E-state index contributed by atoms with van der Waals surface area (Å²) >= 11 is 0. The lowest BCUT2D eigenvalue weighted by Crippen LogP contribution is -2.27. The molecule has 0 aliphatic heterocycles. The number of carbonyl (C=O) groups excluding carboxylic acids is 1. The number of benzene rings is 1. The molecule has 1 amide bonds. The molecule has 0 radical (unpaired) electrons. The van der Waals surface area contributed by atoms with E-state index in [2.05, 4.69) is 10.3 Å². The first-order valence-corrected chi connectivity index (χ1v) is 9.00. The number of rotatable bonds is 4. The quantitative estimate of drug-likeness (QED) is 0.768. The van der Waals surface area contributed by atoms with Crippen LogP contribution in [0.1, 0.15) is 46.5 Å². The maximum absolute atomic E-state index is 13.3. The van der Waals surface area contributed by atoms with Crippen LogP contribution in [-0.2, 0) is 4.74 Å². The van der Waals surface area contributed by atoms with Crippen molar-refractivity contribution in [2.45, 2.75) is 58.0 Å². The van der Waals surface area contributed by atoms with Crippen molar-refractivity contribution in [3.05, 3.63) is 18.5 Å². The van der Waals surface area contributed by atoms with E-state index in [0.717, 1.165) is 0 Å². The van der Waals surface area contributed by atoms with Crippen LogP contribution >= 0.6 is 0 Å².